The minimum absolute atomic E-state index is 0.197. The fourth-order valence-electron chi connectivity index (χ4n) is 3.71. The van der Waals surface area contributed by atoms with Gasteiger partial charge in [0, 0.05) is 20.0 Å². The Morgan fingerprint density at radius 3 is 2.65 bits per heavy atom. The van der Waals surface area contributed by atoms with Crippen LogP contribution in [0.3, 0.4) is 0 Å². The van der Waals surface area contributed by atoms with Crippen LogP contribution in [0.5, 0.6) is 0 Å². The molecule has 2 rings (SSSR count). The van der Waals surface area contributed by atoms with E-state index in [2.05, 4.69) is 30.1 Å². The molecule has 3 heteroatoms. The number of rotatable bonds is 4. The van der Waals surface area contributed by atoms with Crippen LogP contribution in [0.1, 0.15) is 46.0 Å². The molecule has 0 unspecified atom stereocenters. The van der Waals surface area contributed by atoms with Crippen LogP contribution < -0.4 is 5.32 Å². The summed E-state index contributed by atoms with van der Waals surface area (Å²) in [5, 5.41) is 2.74. The van der Waals surface area contributed by atoms with Gasteiger partial charge in [-0.2, -0.15) is 0 Å². The van der Waals surface area contributed by atoms with Gasteiger partial charge >= 0.3 is 0 Å². The quantitative estimate of drug-likeness (QED) is 0.802. The van der Waals surface area contributed by atoms with Crippen LogP contribution in [-0.2, 0) is 4.79 Å². The fraction of sp³-hybridized carbons (Fsp3) is 0.824. The van der Waals surface area contributed by atoms with Crippen molar-refractivity contribution < 1.29 is 4.79 Å². The summed E-state index contributed by atoms with van der Waals surface area (Å²) in [6, 6.07) is 0. The summed E-state index contributed by atoms with van der Waals surface area (Å²) in [5.74, 6) is 2.36. The largest absolute Gasteiger partial charge is 0.359 e. The number of amides is 1. The van der Waals surface area contributed by atoms with Crippen molar-refractivity contribution in [3.8, 4) is 0 Å². The lowest BCUT2D eigenvalue weighted by Crippen LogP contribution is -2.40. The van der Waals surface area contributed by atoms with Crippen molar-refractivity contribution in [2.45, 2.75) is 46.0 Å². The van der Waals surface area contributed by atoms with Gasteiger partial charge in [0.25, 0.3) is 0 Å². The smallest absolute Gasteiger partial charge is 0.220 e. The molecule has 1 N–H and O–H groups in total. The summed E-state index contributed by atoms with van der Waals surface area (Å²) in [6.07, 6.45) is 8.10. The van der Waals surface area contributed by atoms with E-state index in [0.29, 0.717) is 12.3 Å². The molecule has 2 aliphatic rings. The molecule has 0 bridgehead atoms. The molecule has 0 aromatic carbocycles. The Morgan fingerprint density at radius 2 is 2.05 bits per heavy atom. The third-order valence-electron chi connectivity index (χ3n) is 5.28. The van der Waals surface area contributed by atoms with E-state index in [1.54, 1.807) is 12.6 Å². The minimum atomic E-state index is 0.197. The van der Waals surface area contributed by atoms with Crippen molar-refractivity contribution in [1.82, 2.24) is 10.2 Å². The zero-order valence-electron chi connectivity index (χ0n) is 13.3. The first kappa shape index (κ1) is 15.6. The lowest BCUT2D eigenvalue weighted by molar-refractivity contribution is -0.121. The average molecular weight is 278 g/mol. The van der Waals surface area contributed by atoms with Gasteiger partial charge in [0.15, 0.2) is 0 Å². The van der Waals surface area contributed by atoms with Crippen molar-refractivity contribution in [3.05, 3.63) is 11.6 Å². The molecule has 1 aliphatic heterocycles. The molecule has 3 nitrogen and oxygen atoms in total. The summed E-state index contributed by atoms with van der Waals surface area (Å²) >= 11 is 0. The first-order valence-electron chi connectivity index (χ1n) is 8.19. The van der Waals surface area contributed by atoms with Gasteiger partial charge in [-0.25, -0.2) is 0 Å². The molecule has 0 saturated carbocycles. The molecule has 0 aromatic heterocycles. The van der Waals surface area contributed by atoms with E-state index in [1.165, 1.54) is 32.2 Å². The Bertz CT molecular complexity index is 356. The molecule has 20 heavy (non-hydrogen) atoms. The lowest BCUT2D eigenvalue weighted by Gasteiger charge is -2.37. The summed E-state index contributed by atoms with van der Waals surface area (Å²) in [4.78, 5) is 14.0. The highest BCUT2D eigenvalue weighted by Crippen LogP contribution is 2.32. The van der Waals surface area contributed by atoms with Crippen LogP contribution in [0.15, 0.2) is 11.6 Å². The van der Waals surface area contributed by atoms with Gasteiger partial charge in [0.05, 0.1) is 0 Å². The maximum atomic E-state index is 11.4. The molecule has 2 atom stereocenters. The van der Waals surface area contributed by atoms with Crippen LogP contribution in [0.2, 0.25) is 0 Å². The predicted molar refractivity (Wildman–Crippen MR) is 83.5 cm³/mol. The van der Waals surface area contributed by atoms with Crippen LogP contribution >= 0.6 is 0 Å². The summed E-state index contributed by atoms with van der Waals surface area (Å²) in [6.45, 7) is 8.25. The molecule has 1 amide bonds. The zero-order chi connectivity index (χ0) is 14.5. The van der Waals surface area contributed by atoms with Crippen molar-refractivity contribution >= 4 is 5.91 Å². The average Bonchev–Trinajstić information content (AvgIpc) is 2.44. The maximum absolute atomic E-state index is 11.4. The van der Waals surface area contributed by atoms with E-state index in [4.69, 9.17) is 0 Å². The van der Waals surface area contributed by atoms with Crippen LogP contribution in [0, 0.1) is 17.8 Å². The topological polar surface area (TPSA) is 32.3 Å². The molecule has 114 valence electrons. The van der Waals surface area contributed by atoms with E-state index in [9.17, 15) is 4.79 Å². The van der Waals surface area contributed by atoms with Gasteiger partial charge < -0.3 is 10.2 Å². The SMILES string of the molecule is CNC(=O)CC1CCN(C[C@@H]2C(C)=CCC[C@H]2C)CC1. The molecule has 1 saturated heterocycles. The third-order valence-corrected chi connectivity index (χ3v) is 5.28. The van der Waals surface area contributed by atoms with E-state index in [1.807, 2.05) is 0 Å². The number of carbonyl (C=O) groups is 1. The molecule has 0 aromatic rings. The number of hydrogen-bond acceptors (Lipinski definition) is 2. The molecule has 1 aliphatic carbocycles. The van der Waals surface area contributed by atoms with Crippen molar-refractivity contribution in [2.24, 2.45) is 17.8 Å². The molecular formula is C17H30N2O. The maximum Gasteiger partial charge on any atom is 0.220 e. The summed E-state index contributed by atoms with van der Waals surface area (Å²) in [5.41, 5.74) is 1.59. The van der Waals surface area contributed by atoms with Gasteiger partial charge in [-0.1, -0.05) is 18.6 Å². The number of nitrogens with one attached hydrogen (secondary N) is 1. The molecule has 0 spiro atoms. The second-order valence-corrected chi connectivity index (χ2v) is 6.73. The van der Waals surface area contributed by atoms with E-state index < -0.39 is 0 Å². The monoisotopic (exact) mass is 278 g/mol. The number of hydrogen-bond donors (Lipinski definition) is 1. The van der Waals surface area contributed by atoms with E-state index >= 15 is 0 Å². The summed E-state index contributed by atoms with van der Waals surface area (Å²) in [7, 11) is 1.73. The molecule has 0 radical (unpaired) electrons. The van der Waals surface area contributed by atoms with Gasteiger partial charge in [0.1, 0.15) is 0 Å². The Balaban J connectivity index is 1.78. The predicted octanol–water partition coefficient (Wildman–Crippen LogP) is 2.83. The Kier molecular flexibility index (Phi) is 5.64. The standard InChI is InChI=1S/C17H30N2O/c1-13-5-4-6-14(2)16(13)12-19-9-7-15(8-10-19)11-17(20)18-3/h5,14-16H,4,6-12H2,1-3H3,(H,18,20)/t14-,16-/m1/s1. The van der Waals surface area contributed by atoms with E-state index in [0.717, 1.165) is 24.9 Å². The van der Waals surface area contributed by atoms with Crippen molar-refractivity contribution in [1.29, 1.82) is 0 Å². The highest BCUT2D eigenvalue weighted by molar-refractivity contribution is 5.75. The summed E-state index contributed by atoms with van der Waals surface area (Å²) < 4.78 is 0. The normalized spacial score (nSPS) is 29.1. The first-order chi connectivity index (χ1) is 9.60. The molecule has 1 heterocycles. The van der Waals surface area contributed by atoms with Gasteiger partial charge in [0.2, 0.25) is 5.91 Å². The Hall–Kier alpha value is -0.830. The number of allylic oxidation sites excluding steroid dienone is 1. The molecule has 1 fully saturated rings. The number of piperidine rings is 1. The minimum Gasteiger partial charge on any atom is -0.359 e. The molecular weight excluding hydrogens is 248 g/mol. The second kappa shape index (κ2) is 7.26. The van der Waals surface area contributed by atoms with Crippen molar-refractivity contribution in [3.63, 3.8) is 0 Å². The number of nitrogens with zero attached hydrogens (tertiary/aromatic N) is 1. The Morgan fingerprint density at radius 1 is 1.35 bits per heavy atom. The van der Waals surface area contributed by atoms with Crippen LogP contribution in [-0.4, -0.2) is 37.5 Å². The first-order valence-corrected chi connectivity index (χ1v) is 8.19. The Labute approximate surface area is 123 Å². The van der Waals surface area contributed by atoms with E-state index in [-0.39, 0.29) is 5.91 Å². The van der Waals surface area contributed by atoms with Crippen LogP contribution in [0.25, 0.3) is 0 Å². The third kappa shape index (κ3) is 4.08. The number of likely N-dealkylation sites (tertiary alicyclic amines) is 1. The highest BCUT2D eigenvalue weighted by atomic mass is 16.1. The van der Waals surface area contributed by atoms with Crippen molar-refractivity contribution in [2.75, 3.05) is 26.7 Å². The lowest BCUT2D eigenvalue weighted by atomic mass is 9.79. The second-order valence-electron chi connectivity index (χ2n) is 6.73. The van der Waals surface area contributed by atoms with Gasteiger partial charge in [-0.15, -0.1) is 0 Å². The zero-order valence-corrected chi connectivity index (χ0v) is 13.3. The fourth-order valence-corrected chi connectivity index (χ4v) is 3.71. The number of carbonyl (C=O) groups excluding carboxylic acids is 1. The highest BCUT2D eigenvalue weighted by Gasteiger charge is 2.27. The van der Waals surface area contributed by atoms with Gasteiger partial charge in [-0.3, -0.25) is 4.79 Å². The van der Waals surface area contributed by atoms with Crippen LogP contribution in [0.4, 0.5) is 0 Å². The van der Waals surface area contributed by atoms with Gasteiger partial charge in [-0.05, 0) is 63.5 Å².